The van der Waals surface area contributed by atoms with Gasteiger partial charge in [-0.1, -0.05) is 13.3 Å². The molecule has 1 saturated carbocycles. The minimum Gasteiger partial charge on any atom is -0.481 e. The fraction of sp³-hybridized carbons (Fsp3) is 0.846. The summed E-state index contributed by atoms with van der Waals surface area (Å²) in [5.41, 5.74) is 0. The number of nitrogens with one attached hydrogen (secondary N) is 1. The van der Waals surface area contributed by atoms with Crippen molar-refractivity contribution < 1.29 is 19.4 Å². The molecule has 1 fully saturated rings. The van der Waals surface area contributed by atoms with Gasteiger partial charge in [-0.25, -0.2) is 0 Å². The first-order valence-electron chi connectivity index (χ1n) is 6.54. The molecule has 0 aliphatic heterocycles. The molecular formula is C13H23NO4. The van der Waals surface area contributed by atoms with Crippen LogP contribution in [-0.4, -0.2) is 37.2 Å². The van der Waals surface area contributed by atoms with Crippen molar-refractivity contribution in [3.05, 3.63) is 0 Å². The lowest BCUT2D eigenvalue weighted by Gasteiger charge is -2.26. The van der Waals surface area contributed by atoms with Crippen molar-refractivity contribution in [2.24, 2.45) is 17.8 Å². The lowest BCUT2D eigenvalue weighted by Crippen LogP contribution is -2.37. The van der Waals surface area contributed by atoms with Crippen LogP contribution in [0.3, 0.4) is 0 Å². The van der Waals surface area contributed by atoms with Crippen molar-refractivity contribution in [3.8, 4) is 0 Å². The van der Waals surface area contributed by atoms with Crippen LogP contribution in [0.1, 0.15) is 32.6 Å². The standard InChI is InChI=1S/C13H23NO4/c1-9(8-18-2)7-14-12(15)10-4-3-5-11(6-10)13(16)17/h9-11H,3-8H2,1-2H3,(H,14,15)(H,16,17). The van der Waals surface area contributed by atoms with Gasteiger partial charge in [-0.15, -0.1) is 0 Å². The summed E-state index contributed by atoms with van der Waals surface area (Å²) in [6, 6.07) is 0. The summed E-state index contributed by atoms with van der Waals surface area (Å²) in [6.07, 6.45) is 2.79. The summed E-state index contributed by atoms with van der Waals surface area (Å²) < 4.78 is 5.00. The number of carbonyl (C=O) groups is 2. The van der Waals surface area contributed by atoms with E-state index in [9.17, 15) is 9.59 Å². The number of hydrogen-bond donors (Lipinski definition) is 2. The molecule has 1 rings (SSSR count). The monoisotopic (exact) mass is 257 g/mol. The van der Waals surface area contributed by atoms with Crippen molar-refractivity contribution in [1.29, 1.82) is 0 Å². The summed E-state index contributed by atoms with van der Waals surface area (Å²) in [4.78, 5) is 22.9. The number of amides is 1. The normalized spacial score (nSPS) is 25.4. The number of ether oxygens (including phenoxy) is 1. The molecule has 2 N–H and O–H groups in total. The molecule has 5 heteroatoms. The minimum atomic E-state index is -0.778. The molecule has 0 saturated heterocycles. The third kappa shape index (κ3) is 4.64. The van der Waals surface area contributed by atoms with Crippen molar-refractivity contribution >= 4 is 11.9 Å². The molecule has 1 amide bonds. The van der Waals surface area contributed by atoms with Crippen LogP contribution in [-0.2, 0) is 14.3 Å². The number of carboxylic acid groups (broad SMARTS) is 1. The Hall–Kier alpha value is -1.10. The Bertz CT molecular complexity index is 293. The van der Waals surface area contributed by atoms with E-state index < -0.39 is 5.97 Å². The van der Waals surface area contributed by atoms with Crippen LogP contribution >= 0.6 is 0 Å². The maximum Gasteiger partial charge on any atom is 0.306 e. The predicted molar refractivity (Wildman–Crippen MR) is 67.1 cm³/mol. The van der Waals surface area contributed by atoms with Crippen LogP contribution in [0, 0.1) is 17.8 Å². The van der Waals surface area contributed by atoms with E-state index in [0.717, 1.165) is 12.8 Å². The van der Waals surface area contributed by atoms with E-state index in [1.807, 2.05) is 6.92 Å². The van der Waals surface area contributed by atoms with Gasteiger partial charge in [0.15, 0.2) is 0 Å². The Morgan fingerprint density at radius 2 is 2.06 bits per heavy atom. The minimum absolute atomic E-state index is 0.0103. The van der Waals surface area contributed by atoms with Crippen LogP contribution < -0.4 is 5.32 Å². The maximum atomic E-state index is 11.9. The van der Waals surface area contributed by atoms with Crippen LogP contribution in [0.15, 0.2) is 0 Å². The number of carboxylic acids is 1. The highest BCUT2D eigenvalue weighted by atomic mass is 16.5. The fourth-order valence-corrected chi connectivity index (χ4v) is 2.41. The topological polar surface area (TPSA) is 75.6 Å². The second kappa shape index (κ2) is 7.36. The van der Waals surface area contributed by atoms with E-state index in [0.29, 0.717) is 26.0 Å². The Morgan fingerprint density at radius 3 is 2.67 bits per heavy atom. The zero-order chi connectivity index (χ0) is 13.5. The van der Waals surface area contributed by atoms with Gasteiger partial charge in [0.25, 0.3) is 0 Å². The molecule has 0 heterocycles. The molecule has 18 heavy (non-hydrogen) atoms. The summed E-state index contributed by atoms with van der Waals surface area (Å²) in [6.45, 7) is 3.20. The Labute approximate surface area is 108 Å². The number of aliphatic carboxylic acids is 1. The maximum absolute atomic E-state index is 11.9. The predicted octanol–water partition coefficient (Wildman–Crippen LogP) is 1.28. The van der Waals surface area contributed by atoms with Crippen molar-refractivity contribution in [1.82, 2.24) is 5.32 Å². The van der Waals surface area contributed by atoms with E-state index >= 15 is 0 Å². The first kappa shape index (κ1) is 15.0. The second-order valence-electron chi connectivity index (χ2n) is 5.20. The molecule has 5 nitrogen and oxygen atoms in total. The van der Waals surface area contributed by atoms with Gasteiger partial charge in [-0.05, 0) is 25.2 Å². The van der Waals surface area contributed by atoms with E-state index in [-0.39, 0.29) is 23.7 Å². The number of rotatable bonds is 6. The molecule has 0 spiro atoms. The van der Waals surface area contributed by atoms with Gasteiger partial charge in [0.05, 0.1) is 12.5 Å². The fourth-order valence-electron chi connectivity index (χ4n) is 2.41. The summed E-state index contributed by atoms with van der Waals surface area (Å²) >= 11 is 0. The quantitative estimate of drug-likeness (QED) is 0.751. The number of methoxy groups -OCH3 is 1. The molecule has 3 unspecified atom stereocenters. The van der Waals surface area contributed by atoms with E-state index in [1.165, 1.54) is 0 Å². The van der Waals surface area contributed by atoms with Crippen molar-refractivity contribution in [3.63, 3.8) is 0 Å². The van der Waals surface area contributed by atoms with Gasteiger partial charge in [0, 0.05) is 19.6 Å². The number of hydrogen-bond acceptors (Lipinski definition) is 3. The van der Waals surface area contributed by atoms with Gasteiger partial charge in [0.1, 0.15) is 0 Å². The van der Waals surface area contributed by atoms with Gasteiger partial charge < -0.3 is 15.2 Å². The van der Waals surface area contributed by atoms with Gasteiger partial charge >= 0.3 is 5.97 Å². The van der Waals surface area contributed by atoms with E-state index in [1.54, 1.807) is 7.11 Å². The Kier molecular flexibility index (Phi) is 6.12. The van der Waals surface area contributed by atoms with E-state index in [2.05, 4.69) is 5.32 Å². The largest absolute Gasteiger partial charge is 0.481 e. The highest BCUT2D eigenvalue weighted by molar-refractivity contribution is 5.80. The third-order valence-electron chi connectivity index (χ3n) is 3.47. The third-order valence-corrected chi connectivity index (χ3v) is 3.47. The second-order valence-corrected chi connectivity index (χ2v) is 5.20. The summed E-state index contributed by atoms with van der Waals surface area (Å²) in [5.74, 6) is -1.01. The van der Waals surface area contributed by atoms with Crippen molar-refractivity contribution in [2.45, 2.75) is 32.6 Å². The van der Waals surface area contributed by atoms with Crippen LogP contribution in [0.25, 0.3) is 0 Å². The van der Waals surface area contributed by atoms with Crippen LogP contribution in [0.5, 0.6) is 0 Å². The first-order valence-corrected chi connectivity index (χ1v) is 6.54. The molecule has 104 valence electrons. The first-order chi connectivity index (χ1) is 8.54. The zero-order valence-corrected chi connectivity index (χ0v) is 11.1. The molecule has 0 aromatic heterocycles. The number of carbonyl (C=O) groups excluding carboxylic acids is 1. The smallest absolute Gasteiger partial charge is 0.306 e. The SMILES string of the molecule is COCC(C)CNC(=O)C1CCCC(C(=O)O)C1. The van der Waals surface area contributed by atoms with Gasteiger partial charge in [-0.3, -0.25) is 9.59 Å². The summed E-state index contributed by atoms with van der Waals surface area (Å²) in [7, 11) is 1.64. The lowest BCUT2D eigenvalue weighted by atomic mass is 9.81. The average Bonchev–Trinajstić information content (AvgIpc) is 2.36. The molecule has 1 aliphatic rings. The molecular weight excluding hydrogens is 234 g/mol. The highest BCUT2D eigenvalue weighted by Gasteiger charge is 2.30. The zero-order valence-electron chi connectivity index (χ0n) is 11.1. The summed E-state index contributed by atoms with van der Waals surface area (Å²) in [5, 5.41) is 11.9. The molecule has 0 aromatic carbocycles. The molecule has 0 radical (unpaired) electrons. The van der Waals surface area contributed by atoms with Crippen LogP contribution in [0.4, 0.5) is 0 Å². The van der Waals surface area contributed by atoms with E-state index in [4.69, 9.17) is 9.84 Å². The Balaban J connectivity index is 2.34. The lowest BCUT2D eigenvalue weighted by molar-refractivity contribution is -0.144. The average molecular weight is 257 g/mol. The molecule has 3 atom stereocenters. The Morgan fingerprint density at radius 1 is 1.39 bits per heavy atom. The van der Waals surface area contributed by atoms with Gasteiger partial charge in [-0.2, -0.15) is 0 Å². The molecule has 0 bridgehead atoms. The van der Waals surface area contributed by atoms with Crippen LogP contribution in [0.2, 0.25) is 0 Å². The highest BCUT2D eigenvalue weighted by Crippen LogP contribution is 2.29. The molecule has 0 aromatic rings. The van der Waals surface area contributed by atoms with Crippen molar-refractivity contribution in [2.75, 3.05) is 20.3 Å². The molecule has 1 aliphatic carbocycles. The van der Waals surface area contributed by atoms with Gasteiger partial charge in [0.2, 0.25) is 5.91 Å².